The van der Waals surface area contributed by atoms with Gasteiger partial charge in [-0.15, -0.1) is 0 Å². The number of methoxy groups -OCH3 is 1. The predicted molar refractivity (Wildman–Crippen MR) is 75.3 cm³/mol. The van der Waals surface area contributed by atoms with E-state index in [1.165, 1.54) is 32.1 Å². The van der Waals surface area contributed by atoms with Gasteiger partial charge in [0, 0.05) is 13.0 Å². The van der Waals surface area contributed by atoms with Crippen molar-refractivity contribution in [3.05, 3.63) is 21.5 Å². The molecule has 0 saturated heterocycles. The van der Waals surface area contributed by atoms with E-state index in [9.17, 15) is 0 Å². The molecule has 1 heterocycles. The highest BCUT2D eigenvalue weighted by Gasteiger charge is 2.21. The van der Waals surface area contributed by atoms with Crippen molar-refractivity contribution >= 4 is 22.6 Å². The fraction of sp³-hybridized carbons (Fsp3) is 0.615. The lowest BCUT2D eigenvalue weighted by atomic mass is 9.86. The van der Waals surface area contributed by atoms with E-state index in [2.05, 4.69) is 27.6 Å². The van der Waals surface area contributed by atoms with Crippen LogP contribution in [-0.4, -0.2) is 18.9 Å². The molecule has 0 spiro atoms. The lowest BCUT2D eigenvalue weighted by Crippen LogP contribution is -2.11. The second kappa shape index (κ2) is 6.54. The Kier molecular flexibility index (Phi) is 5.03. The van der Waals surface area contributed by atoms with Crippen molar-refractivity contribution in [1.29, 1.82) is 0 Å². The molecule has 3 nitrogen and oxygen atoms in total. The highest BCUT2D eigenvalue weighted by atomic mass is 127. The molecule has 0 bridgehead atoms. The fourth-order valence-electron chi connectivity index (χ4n) is 2.35. The van der Waals surface area contributed by atoms with Gasteiger partial charge in [-0.2, -0.15) is 0 Å². The van der Waals surface area contributed by atoms with Gasteiger partial charge in [0.25, 0.3) is 0 Å². The summed E-state index contributed by atoms with van der Waals surface area (Å²) in [6.07, 6.45) is 6.44. The Morgan fingerprint density at radius 1 is 1.29 bits per heavy atom. The highest BCUT2D eigenvalue weighted by Crippen LogP contribution is 2.36. The molecule has 4 heteroatoms. The molecule has 2 rings (SSSR count). The summed E-state index contributed by atoms with van der Waals surface area (Å²) in [6, 6.07) is 4.00. The third kappa shape index (κ3) is 3.55. The van der Waals surface area contributed by atoms with Gasteiger partial charge in [-0.1, -0.05) is 19.3 Å². The predicted octanol–water partition coefficient (Wildman–Crippen LogP) is 3.72. The summed E-state index contributed by atoms with van der Waals surface area (Å²) in [7, 11) is 1.64. The van der Waals surface area contributed by atoms with Crippen molar-refractivity contribution in [3.8, 4) is 5.75 Å². The molecule has 1 aliphatic rings. The highest BCUT2D eigenvalue weighted by molar-refractivity contribution is 14.1. The maximum atomic E-state index is 5.61. The zero-order valence-electron chi connectivity index (χ0n) is 10.1. The van der Waals surface area contributed by atoms with Crippen LogP contribution in [0.1, 0.15) is 43.7 Å². The summed E-state index contributed by atoms with van der Waals surface area (Å²) in [5, 5.41) is 0. The first-order valence-electron chi connectivity index (χ1n) is 6.09. The number of rotatable bonds is 4. The van der Waals surface area contributed by atoms with Gasteiger partial charge in [-0.3, -0.25) is 0 Å². The summed E-state index contributed by atoms with van der Waals surface area (Å²) in [5.41, 5.74) is 1.12. The fourth-order valence-corrected chi connectivity index (χ4v) is 2.79. The average molecular weight is 347 g/mol. The normalized spacial score (nSPS) is 17.1. The van der Waals surface area contributed by atoms with Crippen LogP contribution >= 0.6 is 22.6 Å². The Morgan fingerprint density at radius 2 is 2.06 bits per heavy atom. The molecule has 94 valence electrons. The summed E-state index contributed by atoms with van der Waals surface area (Å²) < 4.78 is 11.6. The Morgan fingerprint density at radius 3 is 2.76 bits per heavy atom. The number of nitrogens with zero attached hydrogens (tertiary/aromatic N) is 1. The molecule has 1 aliphatic carbocycles. The summed E-state index contributed by atoms with van der Waals surface area (Å²) in [6.45, 7) is 0.294. The van der Waals surface area contributed by atoms with Gasteiger partial charge in [0.1, 0.15) is 9.45 Å². The van der Waals surface area contributed by atoms with E-state index in [-0.39, 0.29) is 0 Å². The maximum Gasteiger partial charge on any atom is 0.188 e. The van der Waals surface area contributed by atoms with Crippen LogP contribution in [0, 0.1) is 3.70 Å². The molecule has 0 radical (unpaired) electrons. The zero-order chi connectivity index (χ0) is 12.1. The van der Waals surface area contributed by atoms with Gasteiger partial charge >= 0.3 is 0 Å². The van der Waals surface area contributed by atoms with Gasteiger partial charge in [0.05, 0.1) is 5.69 Å². The van der Waals surface area contributed by atoms with E-state index in [1.807, 2.05) is 12.1 Å². The molecule has 0 aromatic carbocycles. The number of pyridine rings is 1. The van der Waals surface area contributed by atoms with Crippen molar-refractivity contribution in [2.75, 3.05) is 13.9 Å². The number of aromatic nitrogens is 1. The minimum absolute atomic E-state index is 0.294. The lowest BCUT2D eigenvalue weighted by Gasteiger charge is -2.23. The lowest BCUT2D eigenvalue weighted by molar-refractivity contribution is 0.0496. The standard InChI is InChI=1S/C13H18INO2/c1-16-9-17-11-7-8-12(14)15-13(11)10-5-3-2-4-6-10/h7-8,10H,2-6,9H2,1H3. The summed E-state index contributed by atoms with van der Waals surface area (Å²) >= 11 is 2.26. The Labute approximate surface area is 116 Å². The van der Waals surface area contributed by atoms with Crippen LogP contribution in [-0.2, 0) is 4.74 Å². The molecule has 1 aromatic heterocycles. The molecule has 0 N–H and O–H groups in total. The van der Waals surface area contributed by atoms with Crippen LogP contribution in [0.15, 0.2) is 12.1 Å². The van der Waals surface area contributed by atoms with Crippen molar-refractivity contribution in [2.24, 2.45) is 0 Å². The molecule has 0 aliphatic heterocycles. The molecule has 1 saturated carbocycles. The minimum Gasteiger partial charge on any atom is -0.466 e. The first-order chi connectivity index (χ1) is 8.31. The number of ether oxygens (including phenoxy) is 2. The number of halogens is 1. The average Bonchev–Trinajstić information content (AvgIpc) is 2.38. The van der Waals surface area contributed by atoms with Crippen molar-refractivity contribution in [1.82, 2.24) is 4.98 Å². The first-order valence-corrected chi connectivity index (χ1v) is 7.17. The Bertz CT molecular complexity index is 364. The molecule has 1 fully saturated rings. The van der Waals surface area contributed by atoms with Crippen LogP contribution in [0.4, 0.5) is 0 Å². The van der Waals surface area contributed by atoms with E-state index < -0.39 is 0 Å². The van der Waals surface area contributed by atoms with Crippen LogP contribution in [0.2, 0.25) is 0 Å². The van der Waals surface area contributed by atoms with Gasteiger partial charge in [-0.25, -0.2) is 4.98 Å². The first kappa shape index (κ1) is 13.1. The van der Waals surface area contributed by atoms with E-state index >= 15 is 0 Å². The Hall–Kier alpha value is -0.360. The van der Waals surface area contributed by atoms with E-state index in [0.717, 1.165) is 15.1 Å². The quantitative estimate of drug-likeness (QED) is 0.473. The summed E-state index contributed by atoms with van der Waals surface area (Å²) in [4.78, 5) is 4.66. The number of hydrogen-bond donors (Lipinski definition) is 0. The van der Waals surface area contributed by atoms with Gasteiger partial charge in [0.2, 0.25) is 0 Å². The maximum absolute atomic E-state index is 5.61. The molecular formula is C13H18INO2. The third-order valence-corrected chi connectivity index (χ3v) is 3.78. The van der Waals surface area contributed by atoms with Gasteiger partial charge in [-0.05, 0) is 47.6 Å². The molecule has 1 aromatic rings. The Balaban J connectivity index is 2.19. The van der Waals surface area contributed by atoms with Crippen LogP contribution < -0.4 is 4.74 Å². The van der Waals surface area contributed by atoms with Gasteiger partial charge in [0.15, 0.2) is 6.79 Å². The van der Waals surface area contributed by atoms with Crippen molar-refractivity contribution in [2.45, 2.75) is 38.0 Å². The van der Waals surface area contributed by atoms with E-state index in [4.69, 9.17) is 9.47 Å². The van der Waals surface area contributed by atoms with Crippen LogP contribution in [0.3, 0.4) is 0 Å². The van der Waals surface area contributed by atoms with Crippen LogP contribution in [0.5, 0.6) is 5.75 Å². The SMILES string of the molecule is COCOc1ccc(I)nc1C1CCCCC1. The van der Waals surface area contributed by atoms with E-state index in [0.29, 0.717) is 12.7 Å². The topological polar surface area (TPSA) is 31.4 Å². The molecule has 0 unspecified atom stereocenters. The molecular weight excluding hydrogens is 329 g/mol. The second-order valence-corrected chi connectivity index (χ2v) is 5.51. The molecule has 17 heavy (non-hydrogen) atoms. The van der Waals surface area contributed by atoms with Crippen LogP contribution in [0.25, 0.3) is 0 Å². The second-order valence-electron chi connectivity index (χ2n) is 4.40. The zero-order valence-corrected chi connectivity index (χ0v) is 12.3. The van der Waals surface area contributed by atoms with E-state index in [1.54, 1.807) is 7.11 Å². The number of hydrogen-bond acceptors (Lipinski definition) is 3. The van der Waals surface area contributed by atoms with Crippen molar-refractivity contribution < 1.29 is 9.47 Å². The monoisotopic (exact) mass is 347 g/mol. The smallest absolute Gasteiger partial charge is 0.188 e. The largest absolute Gasteiger partial charge is 0.466 e. The van der Waals surface area contributed by atoms with Gasteiger partial charge < -0.3 is 9.47 Å². The molecule has 0 atom stereocenters. The minimum atomic E-state index is 0.294. The third-order valence-electron chi connectivity index (χ3n) is 3.18. The van der Waals surface area contributed by atoms with Crippen molar-refractivity contribution in [3.63, 3.8) is 0 Å². The molecule has 0 amide bonds. The summed E-state index contributed by atoms with van der Waals surface area (Å²) in [5.74, 6) is 1.45.